The summed E-state index contributed by atoms with van der Waals surface area (Å²) >= 11 is 6.25. The first kappa shape index (κ1) is 20.4. The van der Waals surface area contributed by atoms with E-state index in [-0.39, 0.29) is 17.4 Å². The van der Waals surface area contributed by atoms with Crippen LogP contribution in [-0.2, 0) is 10.2 Å². The van der Waals surface area contributed by atoms with Crippen LogP contribution in [0.25, 0.3) is 0 Å². The summed E-state index contributed by atoms with van der Waals surface area (Å²) in [4.78, 5) is 4.41. The highest BCUT2D eigenvalue weighted by molar-refractivity contribution is 6.30. The molecule has 0 aromatic heterocycles. The number of aliphatic hydroxyl groups is 1. The maximum atomic E-state index is 9.40. The summed E-state index contributed by atoms with van der Waals surface area (Å²) in [5.74, 6) is 0.813. The molecule has 1 unspecified atom stereocenters. The van der Waals surface area contributed by atoms with E-state index in [1.54, 1.807) is 7.05 Å². The second kappa shape index (κ2) is 9.26. The molecule has 150 valence electrons. The number of benzene rings is 1. The fourth-order valence-electron chi connectivity index (χ4n) is 4.49. The maximum absolute atomic E-state index is 9.40. The Labute approximate surface area is 167 Å². The van der Waals surface area contributed by atoms with E-state index in [2.05, 4.69) is 27.8 Å². The first-order valence-corrected chi connectivity index (χ1v) is 10.4. The van der Waals surface area contributed by atoms with Crippen LogP contribution in [0.4, 0.5) is 0 Å². The molecule has 3 rings (SSSR count). The number of rotatable bonds is 7. The van der Waals surface area contributed by atoms with Crippen molar-refractivity contribution in [1.29, 1.82) is 0 Å². The molecular formula is C21H32ClN3O2. The van der Waals surface area contributed by atoms with E-state index in [0.29, 0.717) is 6.61 Å². The van der Waals surface area contributed by atoms with Crippen molar-refractivity contribution in [2.45, 2.75) is 43.9 Å². The van der Waals surface area contributed by atoms with Gasteiger partial charge in [0.05, 0.1) is 6.61 Å². The quantitative estimate of drug-likeness (QED) is 0.492. The Bertz CT molecular complexity index is 638. The summed E-state index contributed by atoms with van der Waals surface area (Å²) in [5, 5.41) is 17.2. The van der Waals surface area contributed by atoms with Crippen LogP contribution in [0.1, 0.15) is 44.1 Å². The average molecular weight is 394 g/mol. The van der Waals surface area contributed by atoms with E-state index in [1.165, 1.54) is 31.2 Å². The number of halogens is 1. The molecule has 0 radical (unpaired) electrons. The number of hydrogen-bond acceptors (Lipinski definition) is 3. The Morgan fingerprint density at radius 1 is 1.22 bits per heavy atom. The highest BCUT2D eigenvalue weighted by Crippen LogP contribution is 2.41. The van der Waals surface area contributed by atoms with E-state index in [1.807, 2.05) is 12.1 Å². The molecule has 0 spiro atoms. The molecule has 0 amide bonds. The standard InChI is InChI=1S/C21H32ClN3O2/c1-23-19(24-14-20(9-11-26)10-12-27-16-20)25-15-21(7-2-3-8-21)17-5-4-6-18(22)13-17/h4-6,13,26H,2-3,7-12,14-16H2,1H3,(H2,23,24,25). The van der Waals surface area contributed by atoms with E-state index in [9.17, 15) is 5.11 Å². The minimum atomic E-state index is 0.00434. The number of nitrogens with zero attached hydrogens (tertiary/aromatic N) is 1. The molecule has 1 aliphatic carbocycles. The molecular weight excluding hydrogens is 362 g/mol. The molecule has 5 nitrogen and oxygen atoms in total. The largest absolute Gasteiger partial charge is 0.396 e. The molecule has 6 heteroatoms. The summed E-state index contributed by atoms with van der Waals surface area (Å²) in [5.41, 5.74) is 1.43. The summed E-state index contributed by atoms with van der Waals surface area (Å²) in [6.07, 6.45) is 6.56. The van der Waals surface area contributed by atoms with Crippen molar-refractivity contribution < 1.29 is 9.84 Å². The molecule has 1 saturated heterocycles. The van der Waals surface area contributed by atoms with Crippen molar-refractivity contribution in [3.63, 3.8) is 0 Å². The topological polar surface area (TPSA) is 65.9 Å². The fourth-order valence-corrected chi connectivity index (χ4v) is 4.68. The lowest BCUT2D eigenvalue weighted by Crippen LogP contribution is -2.48. The third-order valence-corrected chi connectivity index (χ3v) is 6.51. The van der Waals surface area contributed by atoms with Gasteiger partial charge in [-0.3, -0.25) is 4.99 Å². The first-order valence-electron chi connectivity index (χ1n) is 10.0. The zero-order valence-electron chi connectivity index (χ0n) is 16.3. The third kappa shape index (κ3) is 4.95. The zero-order chi connectivity index (χ0) is 19.2. The number of ether oxygens (including phenoxy) is 1. The van der Waals surface area contributed by atoms with Crippen LogP contribution < -0.4 is 10.6 Å². The van der Waals surface area contributed by atoms with Crippen molar-refractivity contribution in [3.8, 4) is 0 Å². The van der Waals surface area contributed by atoms with Gasteiger partial charge in [-0.05, 0) is 43.4 Å². The number of nitrogens with one attached hydrogen (secondary N) is 2. The smallest absolute Gasteiger partial charge is 0.191 e. The minimum absolute atomic E-state index is 0.00434. The lowest BCUT2D eigenvalue weighted by Gasteiger charge is -2.32. The van der Waals surface area contributed by atoms with Gasteiger partial charge in [-0.15, -0.1) is 0 Å². The number of hydrogen-bond donors (Lipinski definition) is 3. The van der Waals surface area contributed by atoms with Crippen molar-refractivity contribution in [1.82, 2.24) is 10.6 Å². The monoisotopic (exact) mass is 393 g/mol. The Balaban J connectivity index is 1.62. The van der Waals surface area contributed by atoms with Crippen LogP contribution in [-0.4, -0.2) is 51.0 Å². The van der Waals surface area contributed by atoms with E-state index < -0.39 is 0 Å². The van der Waals surface area contributed by atoms with Crippen molar-refractivity contribution in [2.24, 2.45) is 10.4 Å². The third-order valence-electron chi connectivity index (χ3n) is 6.27. The van der Waals surface area contributed by atoms with Crippen LogP contribution in [0.2, 0.25) is 5.02 Å². The molecule has 0 bridgehead atoms. The number of guanidine groups is 1. The highest BCUT2D eigenvalue weighted by atomic mass is 35.5. The van der Waals surface area contributed by atoms with Crippen molar-refractivity contribution in [3.05, 3.63) is 34.9 Å². The molecule has 2 fully saturated rings. The van der Waals surface area contributed by atoms with Gasteiger partial charge < -0.3 is 20.5 Å². The Morgan fingerprint density at radius 3 is 2.63 bits per heavy atom. The molecule has 1 heterocycles. The lowest BCUT2D eigenvalue weighted by atomic mass is 9.79. The predicted molar refractivity (Wildman–Crippen MR) is 111 cm³/mol. The van der Waals surface area contributed by atoms with E-state index >= 15 is 0 Å². The van der Waals surface area contributed by atoms with Gasteiger partial charge in [-0.2, -0.15) is 0 Å². The maximum Gasteiger partial charge on any atom is 0.191 e. The summed E-state index contributed by atoms with van der Waals surface area (Å²) < 4.78 is 5.58. The SMILES string of the molecule is CN=C(NCC1(CCO)CCOC1)NCC1(c2cccc(Cl)c2)CCCC1. The second-order valence-electron chi connectivity index (χ2n) is 8.05. The van der Waals surface area contributed by atoms with E-state index in [4.69, 9.17) is 16.3 Å². The average Bonchev–Trinajstić information content (AvgIpc) is 3.33. The Kier molecular flexibility index (Phi) is 7.01. The van der Waals surface area contributed by atoms with E-state index in [0.717, 1.165) is 43.5 Å². The van der Waals surface area contributed by atoms with Gasteiger partial charge in [0, 0.05) is 49.2 Å². The lowest BCUT2D eigenvalue weighted by molar-refractivity contribution is 0.127. The molecule has 27 heavy (non-hydrogen) atoms. The molecule has 1 atom stereocenters. The van der Waals surface area contributed by atoms with Gasteiger partial charge in [-0.1, -0.05) is 36.6 Å². The minimum Gasteiger partial charge on any atom is -0.396 e. The summed E-state index contributed by atoms with van der Waals surface area (Å²) in [6.45, 7) is 3.26. The van der Waals surface area contributed by atoms with Crippen LogP contribution in [0.15, 0.2) is 29.3 Å². The zero-order valence-corrected chi connectivity index (χ0v) is 17.0. The molecule has 3 N–H and O–H groups in total. The van der Waals surface area contributed by atoms with Crippen LogP contribution in [0, 0.1) is 5.41 Å². The van der Waals surface area contributed by atoms with Gasteiger partial charge in [-0.25, -0.2) is 0 Å². The molecule has 1 saturated carbocycles. The van der Waals surface area contributed by atoms with Crippen LogP contribution in [0.3, 0.4) is 0 Å². The summed E-state index contributed by atoms with van der Waals surface area (Å²) in [6, 6.07) is 8.29. The van der Waals surface area contributed by atoms with Crippen LogP contribution >= 0.6 is 11.6 Å². The number of aliphatic imine (C=N–C) groups is 1. The molecule has 1 aliphatic heterocycles. The fraction of sp³-hybridized carbons (Fsp3) is 0.667. The molecule has 2 aliphatic rings. The summed E-state index contributed by atoms with van der Waals surface area (Å²) in [7, 11) is 1.81. The molecule has 1 aromatic carbocycles. The van der Waals surface area contributed by atoms with Crippen LogP contribution in [0.5, 0.6) is 0 Å². The van der Waals surface area contributed by atoms with Crippen molar-refractivity contribution in [2.75, 3.05) is 40.0 Å². The van der Waals surface area contributed by atoms with Gasteiger partial charge in [0.2, 0.25) is 0 Å². The highest BCUT2D eigenvalue weighted by Gasteiger charge is 2.37. The predicted octanol–water partition coefficient (Wildman–Crippen LogP) is 3.11. The first-order chi connectivity index (χ1) is 13.1. The Hall–Kier alpha value is -1.30. The Morgan fingerprint density at radius 2 is 2.00 bits per heavy atom. The second-order valence-corrected chi connectivity index (χ2v) is 8.49. The van der Waals surface area contributed by atoms with Crippen molar-refractivity contribution >= 4 is 17.6 Å². The number of aliphatic hydroxyl groups excluding tert-OH is 1. The molecule has 1 aromatic rings. The van der Waals surface area contributed by atoms with Gasteiger partial charge >= 0.3 is 0 Å². The normalized spacial score (nSPS) is 24.9. The van der Waals surface area contributed by atoms with Gasteiger partial charge in [0.15, 0.2) is 5.96 Å². The van der Waals surface area contributed by atoms with Gasteiger partial charge in [0.25, 0.3) is 0 Å². The van der Waals surface area contributed by atoms with Gasteiger partial charge in [0.1, 0.15) is 0 Å².